The van der Waals surface area contributed by atoms with Crippen molar-refractivity contribution in [3.63, 3.8) is 0 Å². The summed E-state index contributed by atoms with van der Waals surface area (Å²) in [4.78, 5) is 31.8. The van der Waals surface area contributed by atoms with Crippen LogP contribution >= 0.6 is 0 Å². The minimum Gasteiger partial charge on any atom is -0.394 e. The molecular formula is C29H31N3O3. The van der Waals surface area contributed by atoms with Crippen molar-refractivity contribution in [3.8, 4) is 11.1 Å². The first-order chi connectivity index (χ1) is 16.9. The highest BCUT2D eigenvalue weighted by Crippen LogP contribution is 2.49. The van der Waals surface area contributed by atoms with Crippen LogP contribution < -0.4 is 4.90 Å². The van der Waals surface area contributed by atoms with Crippen molar-refractivity contribution in [2.45, 2.75) is 18.5 Å². The number of anilines is 1. The molecule has 1 saturated heterocycles. The van der Waals surface area contributed by atoms with Gasteiger partial charge in [0.25, 0.3) is 11.8 Å². The van der Waals surface area contributed by atoms with Gasteiger partial charge in [-0.25, -0.2) is 0 Å². The number of fused-ring (bicyclic) bond motifs is 3. The van der Waals surface area contributed by atoms with E-state index in [1.165, 1.54) is 0 Å². The summed E-state index contributed by atoms with van der Waals surface area (Å²) < 4.78 is 0. The molecule has 2 heterocycles. The molecule has 35 heavy (non-hydrogen) atoms. The van der Waals surface area contributed by atoms with Crippen molar-refractivity contribution >= 4 is 17.5 Å². The van der Waals surface area contributed by atoms with Gasteiger partial charge in [0.15, 0.2) is 0 Å². The molecular weight excluding hydrogens is 438 g/mol. The zero-order valence-corrected chi connectivity index (χ0v) is 20.4. The smallest absolute Gasteiger partial charge is 0.254 e. The molecule has 1 fully saturated rings. The molecule has 0 spiro atoms. The Balaban J connectivity index is 1.59. The highest BCUT2D eigenvalue weighted by atomic mass is 16.3. The van der Waals surface area contributed by atoms with Gasteiger partial charge in [-0.15, -0.1) is 0 Å². The molecule has 1 N–H and O–H groups in total. The summed E-state index contributed by atoms with van der Waals surface area (Å²) in [7, 11) is 5.52. The van der Waals surface area contributed by atoms with Gasteiger partial charge in [0.2, 0.25) is 0 Å². The quantitative estimate of drug-likeness (QED) is 0.626. The molecule has 0 unspecified atom stereocenters. The summed E-state index contributed by atoms with van der Waals surface area (Å²) in [5.41, 5.74) is 5.41. The third kappa shape index (κ3) is 3.98. The largest absolute Gasteiger partial charge is 0.394 e. The number of benzene rings is 3. The zero-order chi connectivity index (χ0) is 24.7. The lowest BCUT2D eigenvalue weighted by atomic mass is 9.81. The molecule has 3 aromatic rings. The van der Waals surface area contributed by atoms with Crippen LogP contribution in [0.25, 0.3) is 11.1 Å². The fourth-order valence-electron chi connectivity index (χ4n) is 5.70. The topological polar surface area (TPSA) is 64.1 Å². The summed E-state index contributed by atoms with van der Waals surface area (Å²) >= 11 is 0. The van der Waals surface area contributed by atoms with Crippen LogP contribution in [0.3, 0.4) is 0 Å². The highest BCUT2D eigenvalue weighted by molar-refractivity contribution is 5.96. The van der Waals surface area contributed by atoms with E-state index in [-0.39, 0.29) is 36.4 Å². The molecule has 0 saturated carbocycles. The van der Waals surface area contributed by atoms with Crippen LogP contribution in [0.15, 0.2) is 72.8 Å². The van der Waals surface area contributed by atoms with Crippen molar-refractivity contribution in [1.29, 1.82) is 0 Å². The Kier molecular flexibility index (Phi) is 6.07. The van der Waals surface area contributed by atoms with E-state index in [4.69, 9.17) is 0 Å². The molecule has 0 aliphatic carbocycles. The van der Waals surface area contributed by atoms with E-state index in [9.17, 15) is 14.7 Å². The minimum absolute atomic E-state index is 0.0225. The third-order valence-corrected chi connectivity index (χ3v) is 7.48. The van der Waals surface area contributed by atoms with E-state index in [0.717, 1.165) is 28.8 Å². The van der Waals surface area contributed by atoms with Crippen molar-refractivity contribution in [1.82, 2.24) is 9.80 Å². The molecule has 2 aliphatic heterocycles. The molecule has 5 rings (SSSR count). The number of amides is 2. The minimum atomic E-state index is -0.113. The van der Waals surface area contributed by atoms with Crippen LogP contribution in [0.4, 0.5) is 5.69 Å². The van der Waals surface area contributed by atoms with Crippen LogP contribution in [0.1, 0.15) is 38.7 Å². The van der Waals surface area contributed by atoms with Crippen molar-refractivity contribution in [2.75, 3.05) is 39.2 Å². The Morgan fingerprint density at radius 2 is 1.66 bits per heavy atom. The number of aliphatic hydroxyl groups excluding tert-OH is 1. The first-order valence-electron chi connectivity index (χ1n) is 12.1. The molecule has 6 nitrogen and oxygen atoms in total. The van der Waals surface area contributed by atoms with E-state index in [0.29, 0.717) is 17.7 Å². The van der Waals surface area contributed by atoms with Gasteiger partial charge in [-0.1, -0.05) is 36.4 Å². The Morgan fingerprint density at radius 1 is 0.943 bits per heavy atom. The predicted octanol–water partition coefficient (Wildman–Crippen LogP) is 4.07. The first-order valence-corrected chi connectivity index (χ1v) is 12.1. The van der Waals surface area contributed by atoms with Crippen molar-refractivity contribution in [2.24, 2.45) is 5.92 Å². The molecule has 3 atom stereocenters. The van der Waals surface area contributed by atoms with Crippen molar-refractivity contribution < 1.29 is 14.7 Å². The van der Waals surface area contributed by atoms with E-state index in [1.54, 1.807) is 19.0 Å². The Bertz CT molecular complexity index is 1260. The SMILES string of the molecule is CN(C)C(=O)c1cccc(-c2ccc3c(c2)[C@H]2[C@H](CCN2C(=O)c2ccccc2)[C@@H](CO)N3C)c1. The molecule has 2 aliphatic rings. The first kappa shape index (κ1) is 23.1. The van der Waals surface area contributed by atoms with Crippen LogP contribution in [-0.2, 0) is 0 Å². The highest BCUT2D eigenvalue weighted by Gasteiger charge is 2.47. The lowest BCUT2D eigenvalue weighted by Gasteiger charge is -2.44. The van der Waals surface area contributed by atoms with Crippen LogP contribution in [0, 0.1) is 5.92 Å². The van der Waals surface area contributed by atoms with Gasteiger partial charge in [-0.05, 0) is 59.5 Å². The van der Waals surface area contributed by atoms with Crippen LogP contribution in [0.5, 0.6) is 0 Å². The monoisotopic (exact) mass is 469 g/mol. The maximum Gasteiger partial charge on any atom is 0.254 e. The number of carbonyl (C=O) groups excluding carboxylic acids is 2. The normalized spacial score (nSPS) is 20.9. The second kappa shape index (κ2) is 9.19. The second-order valence-corrected chi connectivity index (χ2v) is 9.68. The number of hydrogen-bond acceptors (Lipinski definition) is 4. The van der Waals surface area contributed by atoms with E-state index >= 15 is 0 Å². The maximum absolute atomic E-state index is 13.5. The fourth-order valence-corrected chi connectivity index (χ4v) is 5.70. The van der Waals surface area contributed by atoms with Gasteiger partial charge < -0.3 is 19.8 Å². The number of carbonyl (C=O) groups is 2. The molecule has 0 bridgehead atoms. The molecule has 0 aromatic heterocycles. The molecule has 3 aromatic carbocycles. The summed E-state index contributed by atoms with van der Waals surface area (Å²) in [5.74, 6) is 0.127. The Morgan fingerprint density at radius 3 is 2.37 bits per heavy atom. The average Bonchev–Trinajstić information content (AvgIpc) is 3.33. The van der Waals surface area contributed by atoms with Gasteiger partial charge in [-0.3, -0.25) is 9.59 Å². The van der Waals surface area contributed by atoms with Crippen LogP contribution in [-0.4, -0.2) is 67.1 Å². The molecule has 0 radical (unpaired) electrons. The van der Waals surface area contributed by atoms with E-state index < -0.39 is 0 Å². The summed E-state index contributed by atoms with van der Waals surface area (Å²) in [6, 6.07) is 23.2. The maximum atomic E-state index is 13.5. The Hall–Kier alpha value is -3.64. The number of aliphatic hydroxyl groups is 1. The van der Waals surface area contributed by atoms with Gasteiger partial charge in [0.1, 0.15) is 0 Å². The lowest BCUT2D eigenvalue weighted by Crippen LogP contribution is -2.48. The number of rotatable bonds is 4. The van der Waals surface area contributed by atoms with Crippen molar-refractivity contribution in [3.05, 3.63) is 89.5 Å². The number of nitrogens with zero attached hydrogens (tertiary/aromatic N) is 3. The Labute approximate surface area is 206 Å². The summed E-state index contributed by atoms with van der Waals surface area (Å²) in [6.45, 7) is 0.699. The van der Waals surface area contributed by atoms with Gasteiger partial charge >= 0.3 is 0 Å². The fraction of sp³-hybridized carbons (Fsp3) is 0.310. The zero-order valence-electron chi connectivity index (χ0n) is 20.4. The van der Waals surface area contributed by atoms with E-state index in [1.807, 2.05) is 66.5 Å². The molecule has 180 valence electrons. The molecule has 2 amide bonds. The third-order valence-electron chi connectivity index (χ3n) is 7.48. The molecule has 6 heteroatoms. The number of hydrogen-bond donors (Lipinski definition) is 1. The second-order valence-electron chi connectivity index (χ2n) is 9.68. The summed E-state index contributed by atoms with van der Waals surface area (Å²) in [6.07, 6.45) is 0.843. The predicted molar refractivity (Wildman–Crippen MR) is 137 cm³/mol. The van der Waals surface area contributed by atoms with Gasteiger partial charge in [0.05, 0.1) is 18.7 Å². The summed E-state index contributed by atoms with van der Waals surface area (Å²) in [5, 5.41) is 10.3. The van der Waals surface area contributed by atoms with Gasteiger partial charge in [-0.2, -0.15) is 0 Å². The lowest BCUT2D eigenvalue weighted by molar-refractivity contribution is 0.0694. The van der Waals surface area contributed by atoms with E-state index in [2.05, 4.69) is 23.1 Å². The van der Waals surface area contributed by atoms with Crippen LogP contribution in [0.2, 0.25) is 0 Å². The standard InChI is InChI=1S/C29H31N3O3/c1-30(2)28(34)22-11-7-10-20(16-22)21-12-13-25-24(17-21)27-23(26(18-33)31(25)3)14-15-32(27)29(35)19-8-5-4-6-9-19/h4-13,16-17,23,26-27,33H,14-15,18H2,1-3H3/t23-,26-,27-/m1/s1. The average molecular weight is 470 g/mol. The number of likely N-dealkylation sites (N-methyl/N-ethyl adjacent to an activating group) is 1. The number of likely N-dealkylation sites (tertiary alicyclic amines) is 1. The van der Waals surface area contributed by atoms with Gasteiger partial charge in [0, 0.05) is 50.4 Å².